The van der Waals surface area contributed by atoms with Crippen molar-refractivity contribution in [3.8, 4) is 0 Å². The number of rotatable bonds is 8. The summed E-state index contributed by atoms with van der Waals surface area (Å²) in [4.78, 5) is 14.4. The molecule has 0 aliphatic heterocycles. The lowest BCUT2D eigenvalue weighted by Crippen LogP contribution is -2.36. The van der Waals surface area contributed by atoms with E-state index in [-0.39, 0.29) is 11.7 Å². The second kappa shape index (κ2) is 9.02. The van der Waals surface area contributed by atoms with Gasteiger partial charge in [0, 0.05) is 11.9 Å². The predicted octanol–water partition coefficient (Wildman–Crippen LogP) is 4.24. The minimum Gasteiger partial charge on any atom is -0.311 e. The second-order valence-corrected chi connectivity index (χ2v) is 9.00. The number of anilines is 1. The molecule has 0 heterocycles. The smallest absolute Gasteiger partial charge is 0.242 e. The van der Waals surface area contributed by atoms with Crippen LogP contribution in [0.15, 0.2) is 72.8 Å². The molecule has 146 valence electrons. The Bertz CT molecular complexity index is 1040. The Morgan fingerprint density at radius 2 is 1.57 bits per heavy atom. The summed E-state index contributed by atoms with van der Waals surface area (Å²) in [5, 5.41) is 1.97. The molecule has 0 N–H and O–H groups in total. The van der Waals surface area contributed by atoms with Crippen molar-refractivity contribution in [2.45, 2.75) is 19.8 Å². The van der Waals surface area contributed by atoms with Crippen molar-refractivity contribution in [3.63, 3.8) is 0 Å². The van der Waals surface area contributed by atoms with Crippen molar-refractivity contribution in [1.82, 2.24) is 0 Å². The van der Waals surface area contributed by atoms with Gasteiger partial charge >= 0.3 is 0 Å². The first-order chi connectivity index (χ1) is 13.5. The maximum Gasteiger partial charge on any atom is 0.242 e. The number of sulfone groups is 1. The minimum absolute atomic E-state index is 0.0146. The summed E-state index contributed by atoms with van der Waals surface area (Å²) < 4.78 is 25.0. The summed E-state index contributed by atoms with van der Waals surface area (Å²) in [5.41, 5.74) is 1.86. The molecule has 0 bridgehead atoms. The number of benzene rings is 3. The molecule has 0 saturated heterocycles. The zero-order chi connectivity index (χ0) is 20.0. The van der Waals surface area contributed by atoms with Gasteiger partial charge in [0.2, 0.25) is 5.91 Å². The lowest BCUT2D eigenvalue weighted by molar-refractivity contribution is -0.116. The molecule has 0 saturated carbocycles. The van der Waals surface area contributed by atoms with Crippen molar-refractivity contribution < 1.29 is 13.2 Å². The van der Waals surface area contributed by atoms with Gasteiger partial charge in [-0.15, -0.1) is 0 Å². The van der Waals surface area contributed by atoms with Gasteiger partial charge in [0.05, 0.1) is 11.4 Å². The van der Waals surface area contributed by atoms with Crippen LogP contribution in [-0.2, 0) is 21.1 Å². The molecule has 4 nitrogen and oxygen atoms in total. The lowest BCUT2D eigenvalue weighted by atomic mass is 10.1. The van der Waals surface area contributed by atoms with Crippen molar-refractivity contribution in [3.05, 3.63) is 78.4 Å². The van der Waals surface area contributed by atoms with E-state index in [2.05, 4.69) is 0 Å². The number of carbonyl (C=O) groups excluding carboxylic acids is 1. The zero-order valence-corrected chi connectivity index (χ0v) is 16.9. The van der Waals surface area contributed by atoms with Crippen LogP contribution in [0.3, 0.4) is 0 Å². The van der Waals surface area contributed by atoms with Crippen LogP contribution in [0.5, 0.6) is 0 Å². The van der Waals surface area contributed by atoms with E-state index in [4.69, 9.17) is 0 Å². The number of aryl methyl sites for hydroxylation is 1. The molecular formula is C23H25NO3S. The quantitative estimate of drug-likeness (QED) is 0.573. The molecule has 1 amide bonds. The van der Waals surface area contributed by atoms with Gasteiger partial charge in [-0.2, -0.15) is 0 Å². The molecule has 0 radical (unpaired) electrons. The summed E-state index contributed by atoms with van der Waals surface area (Å²) in [5.74, 6) is -0.821. The van der Waals surface area contributed by atoms with Crippen LogP contribution in [0, 0.1) is 0 Å². The molecule has 0 aliphatic carbocycles. The Kier molecular flexibility index (Phi) is 6.47. The van der Waals surface area contributed by atoms with E-state index in [9.17, 15) is 13.2 Å². The fourth-order valence-electron chi connectivity index (χ4n) is 3.40. The minimum atomic E-state index is -3.46. The lowest BCUT2D eigenvalue weighted by Gasteiger charge is -2.23. The predicted molar refractivity (Wildman–Crippen MR) is 115 cm³/mol. The van der Waals surface area contributed by atoms with Crippen LogP contribution in [-0.4, -0.2) is 32.4 Å². The second-order valence-electron chi connectivity index (χ2n) is 6.82. The van der Waals surface area contributed by atoms with Gasteiger partial charge in [0.1, 0.15) is 5.75 Å². The molecule has 0 atom stereocenters. The molecule has 3 aromatic carbocycles. The maximum absolute atomic E-state index is 12.8. The largest absolute Gasteiger partial charge is 0.311 e. The summed E-state index contributed by atoms with van der Waals surface area (Å²) in [7, 11) is -3.46. The SMILES string of the molecule is CCN(C(=O)CS(=O)(=O)CCCc1ccccc1)c1cccc2ccccc12. The zero-order valence-electron chi connectivity index (χ0n) is 16.0. The number of amides is 1. The number of hydrogen-bond acceptors (Lipinski definition) is 3. The van der Waals surface area contributed by atoms with E-state index < -0.39 is 15.6 Å². The van der Waals surface area contributed by atoms with Gasteiger partial charge in [-0.3, -0.25) is 4.79 Å². The highest BCUT2D eigenvalue weighted by molar-refractivity contribution is 7.92. The van der Waals surface area contributed by atoms with Gasteiger partial charge in [-0.1, -0.05) is 66.7 Å². The first-order valence-electron chi connectivity index (χ1n) is 9.52. The van der Waals surface area contributed by atoms with E-state index >= 15 is 0 Å². The molecular weight excluding hydrogens is 370 g/mol. The van der Waals surface area contributed by atoms with Crippen molar-refractivity contribution in [1.29, 1.82) is 0 Å². The Balaban J connectivity index is 1.69. The van der Waals surface area contributed by atoms with Crippen LogP contribution in [0.1, 0.15) is 18.9 Å². The topological polar surface area (TPSA) is 54.5 Å². The monoisotopic (exact) mass is 395 g/mol. The third-order valence-corrected chi connectivity index (χ3v) is 6.38. The Morgan fingerprint density at radius 3 is 2.32 bits per heavy atom. The number of fused-ring (bicyclic) bond motifs is 1. The highest BCUT2D eigenvalue weighted by Crippen LogP contribution is 2.27. The fourth-order valence-corrected chi connectivity index (χ4v) is 4.66. The highest BCUT2D eigenvalue weighted by atomic mass is 32.2. The Hall–Kier alpha value is -2.66. The molecule has 0 aliphatic rings. The Morgan fingerprint density at radius 1 is 0.893 bits per heavy atom. The molecule has 0 fully saturated rings. The molecule has 5 heteroatoms. The van der Waals surface area contributed by atoms with Gasteiger partial charge in [-0.05, 0) is 36.8 Å². The van der Waals surface area contributed by atoms with Crippen molar-refractivity contribution >= 4 is 32.2 Å². The van der Waals surface area contributed by atoms with Crippen LogP contribution in [0.2, 0.25) is 0 Å². The maximum atomic E-state index is 12.8. The summed E-state index contributed by atoms with van der Waals surface area (Å²) in [6, 6.07) is 23.3. The van der Waals surface area contributed by atoms with E-state index in [1.165, 1.54) is 0 Å². The third kappa shape index (κ3) is 4.98. The normalized spacial score (nSPS) is 11.5. The van der Waals surface area contributed by atoms with Crippen molar-refractivity contribution in [2.75, 3.05) is 23.0 Å². The Labute approximate surface area is 166 Å². The van der Waals surface area contributed by atoms with Crippen LogP contribution < -0.4 is 4.90 Å². The highest BCUT2D eigenvalue weighted by Gasteiger charge is 2.23. The van der Waals surface area contributed by atoms with Gasteiger partial charge in [0.15, 0.2) is 9.84 Å². The third-order valence-electron chi connectivity index (χ3n) is 4.78. The van der Waals surface area contributed by atoms with E-state index in [1.54, 1.807) is 4.90 Å². The molecule has 0 aromatic heterocycles. The van der Waals surface area contributed by atoms with Crippen LogP contribution in [0.25, 0.3) is 10.8 Å². The fraction of sp³-hybridized carbons (Fsp3) is 0.261. The number of nitrogens with zero attached hydrogens (tertiary/aromatic N) is 1. The molecule has 3 rings (SSSR count). The van der Waals surface area contributed by atoms with Gasteiger partial charge < -0.3 is 4.90 Å². The average molecular weight is 396 g/mol. The average Bonchev–Trinajstić information content (AvgIpc) is 2.69. The molecule has 0 spiro atoms. The summed E-state index contributed by atoms with van der Waals surface area (Å²) in [6.45, 7) is 2.29. The molecule has 0 unspecified atom stereocenters. The number of carbonyl (C=O) groups is 1. The first-order valence-corrected chi connectivity index (χ1v) is 11.3. The van der Waals surface area contributed by atoms with Crippen LogP contribution >= 0.6 is 0 Å². The summed E-state index contributed by atoms with van der Waals surface area (Å²) in [6.07, 6.45) is 1.20. The van der Waals surface area contributed by atoms with E-state index in [0.29, 0.717) is 19.4 Å². The summed E-state index contributed by atoms with van der Waals surface area (Å²) >= 11 is 0. The van der Waals surface area contributed by atoms with Crippen LogP contribution in [0.4, 0.5) is 5.69 Å². The van der Waals surface area contributed by atoms with Gasteiger partial charge in [0.25, 0.3) is 0 Å². The standard InChI is InChI=1S/C23H25NO3S/c1-2-24(22-16-8-14-20-13-6-7-15-21(20)22)23(25)18-28(26,27)17-9-12-19-10-4-3-5-11-19/h3-8,10-11,13-16H,2,9,12,17-18H2,1H3. The molecule has 3 aromatic rings. The first kappa shape index (κ1) is 20.1. The van der Waals surface area contributed by atoms with Gasteiger partial charge in [-0.25, -0.2) is 8.42 Å². The van der Waals surface area contributed by atoms with E-state index in [1.807, 2.05) is 79.7 Å². The molecule has 28 heavy (non-hydrogen) atoms. The number of hydrogen-bond donors (Lipinski definition) is 0. The van der Waals surface area contributed by atoms with E-state index in [0.717, 1.165) is 22.0 Å². The van der Waals surface area contributed by atoms with Crippen molar-refractivity contribution in [2.24, 2.45) is 0 Å².